The molecule has 1 saturated heterocycles. The number of carbonyl (C=O) groups is 1. The molecule has 0 aliphatic carbocycles. The zero-order valence-electron chi connectivity index (χ0n) is 11.5. The zero-order chi connectivity index (χ0) is 15.6. The predicted octanol–water partition coefficient (Wildman–Crippen LogP) is 4.22. The van der Waals surface area contributed by atoms with Crippen LogP contribution in [-0.4, -0.2) is 24.7 Å². The summed E-state index contributed by atoms with van der Waals surface area (Å²) >= 11 is 6.15. The van der Waals surface area contributed by atoms with Gasteiger partial charge in [0.2, 0.25) is 0 Å². The average molecular weight is 321 g/mol. The third kappa shape index (κ3) is 3.81. The highest BCUT2D eigenvalue weighted by Crippen LogP contribution is 2.33. The van der Waals surface area contributed by atoms with Crippen molar-refractivity contribution in [1.29, 1.82) is 0 Å². The lowest BCUT2D eigenvalue weighted by molar-refractivity contribution is -0.167. The molecule has 3 nitrogen and oxygen atoms in total. The third-order valence-corrected chi connectivity index (χ3v) is 3.88. The first-order valence-electron chi connectivity index (χ1n) is 6.73. The Morgan fingerprint density at radius 2 is 2.10 bits per heavy atom. The molecular weight excluding hydrogens is 305 g/mol. The number of hydrogen-bond donors (Lipinski definition) is 1. The molecule has 0 bridgehead atoms. The Balaban J connectivity index is 2.16. The fourth-order valence-corrected chi connectivity index (χ4v) is 2.76. The van der Waals surface area contributed by atoms with E-state index in [4.69, 9.17) is 11.6 Å². The van der Waals surface area contributed by atoms with Gasteiger partial charge in [0.05, 0.1) is 10.7 Å². The number of nitrogens with zero attached hydrogens (tertiary/aromatic N) is 1. The molecule has 0 unspecified atom stereocenters. The van der Waals surface area contributed by atoms with Gasteiger partial charge in [0.1, 0.15) is 0 Å². The van der Waals surface area contributed by atoms with E-state index in [0.29, 0.717) is 11.1 Å². The molecule has 7 heteroatoms. The molecule has 1 amide bonds. The minimum absolute atomic E-state index is 0.0377. The predicted molar refractivity (Wildman–Crippen MR) is 76.8 cm³/mol. The van der Waals surface area contributed by atoms with E-state index in [1.807, 2.05) is 0 Å². The first-order chi connectivity index (χ1) is 9.79. The number of carbonyl (C=O) groups excluding carboxylic acids is 1. The highest BCUT2D eigenvalue weighted by Gasteiger charge is 2.38. The van der Waals surface area contributed by atoms with Gasteiger partial charge in [-0.1, -0.05) is 11.6 Å². The first-order valence-corrected chi connectivity index (χ1v) is 7.11. The zero-order valence-corrected chi connectivity index (χ0v) is 12.3. The van der Waals surface area contributed by atoms with E-state index in [1.54, 1.807) is 11.4 Å². The maximum absolute atomic E-state index is 12.2. The van der Waals surface area contributed by atoms with E-state index in [2.05, 4.69) is 11.8 Å². The number of amides is 1. The molecule has 1 aliphatic heterocycles. The van der Waals surface area contributed by atoms with Gasteiger partial charge in [-0.25, -0.2) is 0 Å². The fourth-order valence-electron chi connectivity index (χ4n) is 2.48. The van der Waals surface area contributed by atoms with E-state index < -0.39 is 12.1 Å². The highest BCUT2D eigenvalue weighted by atomic mass is 35.5. The van der Waals surface area contributed by atoms with Crippen molar-refractivity contribution in [3.8, 4) is 0 Å². The Kier molecular flexibility index (Phi) is 4.66. The second-order valence-corrected chi connectivity index (χ2v) is 5.56. The topological polar surface area (TPSA) is 32.3 Å². The van der Waals surface area contributed by atoms with Crippen molar-refractivity contribution in [1.82, 2.24) is 0 Å². The van der Waals surface area contributed by atoms with Gasteiger partial charge < -0.3 is 10.2 Å². The molecule has 1 atom stereocenters. The van der Waals surface area contributed by atoms with Gasteiger partial charge in [-0.3, -0.25) is 4.79 Å². The maximum Gasteiger partial charge on any atom is 0.471 e. The molecule has 21 heavy (non-hydrogen) atoms. The molecule has 0 saturated carbocycles. The fraction of sp³-hybridized carbons (Fsp3) is 0.500. The number of rotatable bonds is 2. The molecule has 1 heterocycles. The van der Waals surface area contributed by atoms with Crippen LogP contribution in [0.3, 0.4) is 0 Å². The van der Waals surface area contributed by atoms with Crippen LogP contribution in [-0.2, 0) is 4.79 Å². The van der Waals surface area contributed by atoms with Crippen LogP contribution < -0.4 is 10.2 Å². The summed E-state index contributed by atoms with van der Waals surface area (Å²) < 4.78 is 36.6. The van der Waals surface area contributed by atoms with Gasteiger partial charge in [-0.15, -0.1) is 0 Å². The minimum Gasteiger partial charge on any atom is -0.368 e. The van der Waals surface area contributed by atoms with Gasteiger partial charge in [0.25, 0.3) is 0 Å². The van der Waals surface area contributed by atoms with Gasteiger partial charge in [-0.05, 0) is 44.4 Å². The summed E-state index contributed by atoms with van der Waals surface area (Å²) in [5.74, 6) is -2.00. The highest BCUT2D eigenvalue weighted by molar-refractivity contribution is 6.33. The van der Waals surface area contributed by atoms with Crippen molar-refractivity contribution in [2.45, 2.75) is 38.4 Å². The largest absolute Gasteiger partial charge is 0.471 e. The summed E-state index contributed by atoms with van der Waals surface area (Å²) in [6, 6.07) is 4.77. The second kappa shape index (κ2) is 6.13. The molecule has 1 fully saturated rings. The van der Waals surface area contributed by atoms with Crippen molar-refractivity contribution in [3.05, 3.63) is 23.2 Å². The van der Waals surface area contributed by atoms with E-state index in [-0.39, 0.29) is 5.69 Å². The van der Waals surface area contributed by atoms with Crippen LogP contribution in [0.25, 0.3) is 0 Å². The standard InChI is InChI=1S/C14H16ClF3N2O/c1-9-4-2-3-7-20(9)12-6-5-10(8-11(12)15)19-13(21)14(16,17)18/h5-6,8-9H,2-4,7H2,1H3,(H,19,21)/t9-/m0/s1. The molecule has 1 aromatic carbocycles. The average Bonchev–Trinajstić information content (AvgIpc) is 2.39. The Hall–Kier alpha value is -1.43. The number of piperidine rings is 1. The van der Waals surface area contributed by atoms with Crippen molar-refractivity contribution in [2.75, 3.05) is 16.8 Å². The lowest BCUT2D eigenvalue weighted by Gasteiger charge is -2.36. The lowest BCUT2D eigenvalue weighted by Crippen LogP contribution is -2.37. The molecule has 0 spiro atoms. The Morgan fingerprint density at radius 1 is 1.38 bits per heavy atom. The lowest BCUT2D eigenvalue weighted by atomic mass is 10.0. The SMILES string of the molecule is C[C@H]1CCCCN1c1ccc(NC(=O)C(F)(F)F)cc1Cl. The summed E-state index contributed by atoms with van der Waals surface area (Å²) in [6.07, 6.45) is -1.63. The Labute approximate surface area is 126 Å². The third-order valence-electron chi connectivity index (χ3n) is 3.58. The molecule has 116 valence electrons. The first kappa shape index (κ1) is 15.9. The van der Waals surface area contributed by atoms with Gasteiger partial charge in [0.15, 0.2) is 0 Å². The monoisotopic (exact) mass is 320 g/mol. The van der Waals surface area contributed by atoms with E-state index in [0.717, 1.165) is 31.5 Å². The van der Waals surface area contributed by atoms with Crippen LogP contribution in [0, 0.1) is 0 Å². The van der Waals surface area contributed by atoms with Gasteiger partial charge in [-0.2, -0.15) is 13.2 Å². The number of benzene rings is 1. The van der Waals surface area contributed by atoms with Crippen LogP contribution in [0.2, 0.25) is 5.02 Å². The number of alkyl halides is 3. The van der Waals surface area contributed by atoms with Crippen molar-refractivity contribution >= 4 is 28.9 Å². The molecule has 1 aromatic rings. The molecule has 0 aromatic heterocycles. The van der Waals surface area contributed by atoms with E-state index in [1.165, 1.54) is 12.1 Å². The van der Waals surface area contributed by atoms with E-state index >= 15 is 0 Å². The normalized spacial score (nSPS) is 19.5. The number of nitrogens with one attached hydrogen (secondary N) is 1. The van der Waals surface area contributed by atoms with Gasteiger partial charge >= 0.3 is 12.1 Å². The summed E-state index contributed by atoms with van der Waals surface area (Å²) in [5, 5.41) is 2.13. The Morgan fingerprint density at radius 3 is 2.67 bits per heavy atom. The molecule has 0 radical (unpaired) electrons. The van der Waals surface area contributed by atoms with Gasteiger partial charge in [0, 0.05) is 18.3 Å². The van der Waals surface area contributed by atoms with Crippen molar-refractivity contribution in [2.24, 2.45) is 0 Å². The summed E-state index contributed by atoms with van der Waals surface area (Å²) in [7, 11) is 0. The Bertz CT molecular complexity index is 533. The minimum atomic E-state index is -4.91. The number of anilines is 2. The van der Waals surface area contributed by atoms with Crippen LogP contribution in [0.15, 0.2) is 18.2 Å². The number of hydrogen-bond acceptors (Lipinski definition) is 2. The maximum atomic E-state index is 12.2. The second-order valence-electron chi connectivity index (χ2n) is 5.16. The van der Waals surface area contributed by atoms with Crippen LogP contribution in [0.1, 0.15) is 26.2 Å². The summed E-state index contributed by atoms with van der Waals surface area (Å²) in [5.41, 5.74) is 0.824. The van der Waals surface area contributed by atoms with E-state index in [9.17, 15) is 18.0 Å². The van der Waals surface area contributed by atoms with Crippen LogP contribution in [0.4, 0.5) is 24.5 Å². The molecule has 1 aliphatic rings. The number of halogens is 4. The summed E-state index contributed by atoms with van der Waals surface area (Å²) in [6.45, 7) is 2.96. The van der Waals surface area contributed by atoms with Crippen molar-refractivity contribution in [3.63, 3.8) is 0 Å². The summed E-state index contributed by atoms with van der Waals surface area (Å²) in [4.78, 5) is 13.0. The van der Waals surface area contributed by atoms with Crippen LogP contribution >= 0.6 is 11.6 Å². The van der Waals surface area contributed by atoms with Crippen LogP contribution in [0.5, 0.6) is 0 Å². The molecule has 2 rings (SSSR count). The molecular formula is C14H16ClF3N2O. The van der Waals surface area contributed by atoms with Crippen molar-refractivity contribution < 1.29 is 18.0 Å². The smallest absolute Gasteiger partial charge is 0.368 e. The quantitative estimate of drug-likeness (QED) is 0.885. The molecule has 1 N–H and O–H groups in total.